The lowest BCUT2D eigenvalue weighted by atomic mass is 9.91. The summed E-state index contributed by atoms with van der Waals surface area (Å²) in [6, 6.07) is 7.93. The number of carbonyl (C=O) groups excluding carboxylic acids is 2. The van der Waals surface area contributed by atoms with Crippen LogP contribution in [0.5, 0.6) is 5.75 Å². The van der Waals surface area contributed by atoms with Crippen LogP contribution in [0.3, 0.4) is 0 Å². The number of hydrogen-bond acceptors (Lipinski definition) is 4. The molecule has 2 unspecified atom stereocenters. The van der Waals surface area contributed by atoms with E-state index in [4.69, 9.17) is 9.47 Å². The SMILES string of the molecule is COc1ccc2cc3n(c2c1)CC(C)(C(=O)NC1CCCCC1)N(CC1CCCO1)C3=O. The molecule has 2 fully saturated rings. The molecule has 2 aliphatic heterocycles. The van der Waals surface area contributed by atoms with Gasteiger partial charge < -0.3 is 24.3 Å². The van der Waals surface area contributed by atoms with Crippen molar-refractivity contribution in [3.8, 4) is 5.75 Å². The van der Waals surface area contributed by atoms with E-state index in [2.05, 4.69) is 5.32 Å². The molecular formula is C25H33N3O4. The molecular weight excluding hydrogens is 406 g/mol. The number of carbonyl (C=O) groups is 2. The Morgan fingerprint density at radius 2 is 2.00 bits per heavy atom. The smallest absolute Gasteiger partial charge is 0.271 e. The number of methoxy groups -OCH3 is 1. The van der Waals surface area contributed by atoms with Crippen LogP contribution in [0.15, 0.2) is 24.3 Å². The summed E-state index contributed by atoms with van der Waals surface area (Å²) in [6.45, 7) is 3.49. The number of fused-ring (bicyclic) bond motifs is 3. The summed E-state index contributed by atoms with van der Waals surface area (Å²) in [5.74, 6) is 0.565. The van der Waals surface area contributed by atoms with Crippen LogP contribution in [0.25, 0.3) is 10.9 Å². The lowest BCUT2D eigenvalue weighted by molar-refractivity contribution is -0.134. The number of rotatable bonds is 5. The van der Waals surface area contributed by atoms with Gasteiger partial charge in [-0.25, -0.2) is 0 Å². The van der Waals surface area contributed by atoms with Crippen molar-refractivity contribution < 1.29 is 19.1 Å². The van der Waals surface area contributed by atoms with Gasteiger partial charge in [0.2, 0.25) is 5.91 Å². The largest absolute Gasteiger partial charge is 0.497 e. The molecule has 0 spiro atoms. The van der Waals surface area contributed by atoms with E-state index >= 15 is 0 Å². The maximum Gasteiger partial charge on any atom is 0.271 e. The van der Waals surface area contributed by atoms with Crippen molar-refractivity contribution in [2.24, 2.45) is 0 Å². The van der Waals surface area contributed by atoms with E-state index in [-0.39, 0.29) is 24.0 Å². The Morgan fingerprint density at radius 1 is 1.19 bits per heavy atom. The van der Waals surface area contributed by atoms with E-state index < -0.39 is 5.54 Å². The van der Waals surface area contributed by atoms with Crippen LogP contribution >= 0.6 is 0 Å². The summed E-state index contributed by atoms with van der Waals surface area (Å²) < 4.78 is 13.3. The third kappa shape index (κ3) is 3.66. The van der Waals surface area contributed by atoms with Gasteiger partial charge in [0.15, 0.2) is 0 Å². The molecule has 1 N–H and O–H groups in total. The van der Waals surface area contributed by atoms with Crippen molar-refractivity contribution >= 4 is 22.7 Å². The number of hydrogen-bond donors (Lipinski definition) is 1. The third-order valence-electron chi connectivity index (χ3n) is 7.48. The first-order valence-electron chi connectivity index (χ1n) is 11.9. The zero-order valence-corrected chi connectivity index (χ0v) is 19.1. The first kappa shape index (κ1) is 21.3. The highest BCUT2D eigenvalue weighted by molar-refractivity contribution is 6.03. The highest BCUT2D eigenvalue weighted by Crippen LogP contribution is 2.35. The van der Waals surface area contributed by atoms with Crippen LogP contribution < -0.4 is 10.1 Å². The molecule has 1 saturated heterocycles. The Hall–Kier alpha value is -2.54. The number of nitrogens with zero attached hydrogens (tertiary/aromatic N) is 2. The number of nitrogens with one attached hydrogen (secondary N) is 1. The summed E-state index contributed by atoms with van der Waals surface area (Å²) in [6.07, 6.45) is 7.44. The lowest BCUT2D eigenvalue weighted by Crippen LogP contribution is -2.66. The molecule has 1 aliphatic carbocycles. The van der Waals surface area contributed by atoms with Crippen molar-refractivity contribution in [3.05, 3.63) is 30.0 Å². The van der Waals surface area contributed by atoms with Crippen LogP contribution in [0.2, 0.25) is 0 Å². The summed E-state index contributed by atoms with van der Waals surface area (Å²) in [7, 11) is 1.64. The number of ether oxygens (including phenoxy) is 2. The summed E-state index contributed by atoms with van der Waals surface area (Å²) in [4.78, 5) is 29.3. The third-order valence-corrected chi connectivity index (χ3v) is 7.48. The van der Waals surface area contributed by atoms with Crippen molar-refractivity contribution in [1.29, 1.82) is 0 Å². The van der Waals surface area contributed by atoms with Gasteiger partial charge in [0, 0.05) is 30.6 Å². The van der Waals surface area contributed by atoms with E-state index in [1.165, 1.54) is 6.42 Å². The van der Waals surface area contributed by atoms with Gasteiger partial charge in [0.25, 0.3) is 5.91 Å². The molecule has 0 radical (unpaired) electrons. The molecule has 2 amide bonds. The molecule has 1 saturated carbocycles. The second-order valence-corrected chi connectivity index (χ2v) is 9.67. The highest BCUT2D eigenvalue weighted by atomic mass is 16.5. The van der Waals surface area contributed by atoms with Gasteiger partial charge in [-0.1, -0.05) is 19.3 Å². The van der Waals surface area contributed by atoms with E-state index in [0.29, 0.717) is 18.8 Å². The Bertz CT molecular complexity index is 1020. The molecule has 2 aromatic rings. The normalized spacial score (nSPS) is 26.4. The predicted molar refractivity (Wildman–Crippen MR) is 122 cm³/mol. The summed E-state index contributed by atoms with van der Waals surface area (Å²) in [5, 5.41) is 4.26. The van der Waals surface area contributed by atoms with Gasteiger partial charge in [-0.2, -0.15) is 0 Å². The standard InChI is InChI=1S/C25H33N3O4/c1-25(24(30)26-18-7-4-3-5-8-18)16-27-21-14-19(31-2)11-10-17(21)13-22(27)23(29)28(25)15-20-9-6-12-32-20/h10-11,13-14,18,20H,3-9,12,15-16H2,1-2H3,(H,26,30). The lowest BCUT2D eigenvalue weighted by Gasteiger charge is -2.45. The first-order chi connectivity index (χ1) is 15.5. The van der Waals surface area contributed by atoms with E-state index in [0.717, 1.165) is 61.8 Å². The molecule has 2 atom stereocenters. The molecule has 172 valence electrons. The average molecular weight is 440 g/mol. The second kappa shape index (κ2) is 8.43. The maximum absolute atomic E-state index is 13.8. The number of aromatic nitrogens is 1. The maximum atomic E-state index is 13.8. The molecule has 3 heterocycles. The van der Waals surface area contributed by atoms with Gasteiger partial charge in [-0.05, 0) is 50.8 Å². The fourth-order valence-electron chi connectivity index (χ4n) is 5.52. The molecule has 7 nitrogen and oxygen atoms in total. The minimum absolute atomic E-state index is 0.0169. The van der Waals surface area contributed by atoms with Crippen molar-refractivity contribution in [3.63, 3.8) is 0 Å². The molecule has 3 aliphatic rings. The molecule has 5 rings (SSSR count). The number of amides is 2. The van der Waals surface area contributed by atoms with E-state index in [1.54, 1.807) is 12.0 Å². The van der Waals surface area contributed by atoms with E-state index in [1.807, 2.05) is 35.8 Å². The van der Waals surface area contributed by atoms with Gasteiger partial charge in [-0.3, -0.25) is 9.59 Å². The topological polar surface area (TPSA) is 72.8 Å². The van der Waals surface area contributed by atoms with Gasteiger partial charge in [0.1, 0.15) is 17.0 Å². The molecule has 1 aromatic carbocycles. The Morgan fingerprint density at radius 3 is 2.72 bits per heavy atom. The Labute approximate surface area is 189 Å². The van der Waals surface area contributed by atoms with E-state index in [9.17, 15) is 9.59 Å². The Balaban J connectivity index is 1.53. The van der Waals surface area contributed by atoms with Crippen molar-refractivity contribution in [2.45, 2.75) is 76.1 Å². The monoisotopic (exact) mass is 439 g/mol. The number of benzene rings is 1. The van der Waals surface area contributed by atoms with Crippen LogP contribution in [0, 0.1) is 0 Å². The summed E-state index contributed by atoms with van der Waals surface area (Å²) >= 11 is 0. The minimum Gasteiger partial charge on any atom is -0.497 e. The Kier molecular flexibility index (Phi) is 5.61. The van der Waals surface area contributed by atoms with Gasteiger partial charge in [0.05, 0.1) is 25.3 Å². The van der Waals surface area contributed by atoms with Crippen molar-refractivity contribution in [1.82, 2.24) is 14.8 Å². The van der Waals surface area contributed by atoms with Crippen LogP contribution in [-0.4, -0.2) is 59.2 Å². The molecule has 1 aromatic heterocycles. The fraction of sp³-hybridized carbons (Fsp3) is 0.600. The quantitative estimate of drug-likeness (QED) is 0.774. The van der Waals surface area contributed by atoms with Crippen LogP contribution in [-0.2, 0) is 16.1 Å². The molecule has 0 bridgehead atoms. The van der Waals surface area contributed by atoms with Crippen molar-refractivity contribution in [2.75, 3.05) is 20.3 Å². The van der Waals surface area contributed by atoms with Crippen LogP contribution in [0.4, 0.5) is 0 Å². The van der Waals surface area contributed by atoms with Crippen LogP contribution in [0.1, 0.15) is 62.4 Å². The fourth-order valence-corrected chi connectivity index (χ4v) is 5.52. The minimum atomic E-state index is -0.984. The predicted octanol–water partition coefficient (Wildman–Crippen LogP) is 3.49. The second-order valence-electron chi connectivity index (χ2n) is 9.67. The zero-order valence-electron chi connectivity index (χ0n) is 19.1. The highest BCUT2D eigenvalue weighted by Gasteiger charge is 2.49. The first-order valence-corrected chi connectivity index (χ1v) is 11.9. The average Bonchev–Trinajstić information content (AvgIpc) is 3.45. The summed E-state index contributed by atoms with van der Waals surface area (Å²) in [5.41, 5.74) is 0.554. The zero-order chi connectivity index (χ0) is 22.3. The molecule has 32 heavy (non-hydrogen) atoms. The van der Waals surface area contributed by atoms with Gasteiger partial charge in [-0.15, -0.1) is 0 Å². The molecule has 7 heteroatoms. The van der Waals surface area contributed by atoms with Gasteiger partial charge >= 0.3 is 0 Å².